The van der Waals surface area contributed by atoms with Crippen molar-refractivity contribution in [2.45, 2.75) is 24.2 Å². The number of pyridine rings is 1. The van der Waals surface area contributed by atoms with Gasteiger partial charge in [0.1, 0.15) is 4.90 Å². The average Bonchev–Trinajstić information content (AvgIpc) is 3.01. The third-order valence-electron chi connectivity index (χ3n) is 2.46. The number of halogens is 1. The van der Waals surface area contributed by atoms with Gasteiger partial charge in [-0.2, -0.15) is 0 Å². The molecule has 0 atom stereocenters. The highest BCUT2D eigenvalue weighted by atomic mass is 35.7. The molecule has 0 aliphatic heterocycles. The summed E-state index contributed by atoms with van der Waals surface area (Å²) in [6.45, 7) is 0.630. The van der Waals surface area contributed by atoms with Crippen LogP contribution in [0.2, 0.25) is 0 Å². The van der Waals surface area contributed by atoms with Gasteiger partial charge >= 0.3 is 0 Å². The van der Waals surface area contributed by atoms with Gasteiger partial charge in [-0.3, -0.25) is 0 Å². The second-order valence-corrected chi connectivity index (χ2v) is 6.42. The Hall–Kier alpha value is -0.810. The van der Waals surface area contributed by atoms with Crippen LogP contribution in [0.1, 0.15) is 19.3 Å². The van der Waals surface area contributed by atoms with E-state index in [2.05, 4.69) is 4.98 Å². The fraction of sp³-hybridized carbons (Fsp3) is 0.500. The summed E-state index contributed by atoms with van der Waals surface area (Å²) in [5.41, 5.74) is 0. The Morgan fingerprint density at radius 2 is 2.19 bits per heavy atom. The highest BCUT2D eigenvalue weighted by Gasteiger charge is 2.20. The molecule has 0 aromatic carbocycles. The van der Waals surface area contributed by atoms with Crippen molar-refractivity contribution in [3.8, 4) is 5.88 Å². The van der Waals surface area contributed by atoms with Crippen LogP contribution >= 0.6 is 10.7 Å². The lowest BCUT2D eigenvalue weighted by atomic mass is 10.3. The molecule has 1 aliphatic carbocycles. The molecule has 0 N–H and O–H groups in total. The first-order valence-electron chi connectivity index (χ1n) is 5.09. The molecule has 1 saturated carbocycles. The lowest BCUT2D eigenvalue weighted by Gasteiger charge is -2.04. The van der Waals surface area contributed by atoms with Gasteiger partial charge in [0.25, 0.3) is 9.05 Å². The Morgan fingerprint density at radius 1 is 1.44 bits per heavy atom. The van der Waals surface area contributed by atoms with Crippen LogP contribution < -0.4 is 4.74 Å². The van der Waals surface area contributed by atoms with E-state index in [-0.39, 0.29) is 4.90 Å². The van der Waals surface area contributed by atoms with E-state index in [4.69, 9.17) is 15.4 Å². The summed E-state index contributed by atoms with van der Waals surface area (Å²) < 4.78 is 27.3. The van der Waals surface area contributed by atoms with Gasteiger partial charge in [-0.05, 0) is 18.4 Å². The van der Waals surface area contributed by atoms with Crippen LogP contribution in [-0.2, 0) is 9.05 Å². The molecule has 0 unspecified atom stereocenters. The standard InChI is InChI=1S/C10H12ClNO3S/c11-16(13,14)9-3-4-10(12-7-9)15-6-5-8-1-2-8/h3-4,7-8H,1-2,5-6H2. The number of rotatable bonds is 5. The van der Waals surface area contributed by atoms with E-state index < -0.39 is 9.05 Å². The molecule has 4 nitrogen and oxygen atoms in total. The maximum absolute atomic E-state index is 10.9. The van der Waals surface area contributed by atoms with Crippen LogP contribution in [0.15, 0.2) is 23.2 Å². The zero-order valence-corrected chi connectivity index (χ0v) is 10.2. The minimum absolute atomic E-state index is 0.0105. The molecule has 0 amide bonds. The van der Waals surface area contributed by atoms with E-state index in [1.807, 2.05) is 0 Å². The molecule has 88 valence electrons. The summed E-state index contributed by atoms with van der Waals surface area (Å²) >= 11 is 0. The van der Waals surface area contributed by atoms with Crippen molar-refractivity contribution < 1.29 is 13.2 Å². The van der Waals surface area contributed by atoms with Crippen molar-refractivity contribution in [1.82, 2.24) is 4.98 Å². The minimum atomic E-state index is -3.69. The highest BCUT2D eigenvalue weighted by molar-refractivity contribution is 8.13. The Labute approximate surface area is 99.0 Å². The van der Waals surface area contributed by atoms with E-state index in [0.29, 0.717) is 12.5 Å². The van der Waals surface area contributed by atoms with Crippen LogP contribution in [-0.4, -0.2) is 20.0 Å². The summed E-state index contributed by atoms with van der Waals surface area (Å²) in [4.78, 5) is 3.87. The van der Waals surface area contributed by atoms with E-state index in [1.165, 1.54) is 31.2 Å². The van der Waals surface area contributed by atoms with E-state index in [1.54, 1.807) is 0 Å². The van der Waals surface area contributed by atoms with Crippen molar-refractivity contribution in [3.05, 3.63) is 18.3 Å². The van der Waals surface area contributed by atoms with Gasteiger partial charge in [0.15, 0.2) is 0 Å². The van der Waals surface area contributed by atoms with Gasteiger partial charge in [-0.15, -0.1) is 0 Å². The van der Waals surface area contributed by atoms with E-state index in [0.717, 1.165) is 12.3 Å². The molecule has 0 spiro atoms. The molecule has 0 bridgehead atoms. The maximum Gasteiger partial charge on any atom is 0.262 e. The van der Waals surface area contributed by atoms with Crippen LogP contribution in [0, 0.1) is 5.92 Å². The summed E-state index contributed by atoms with van der Waals surface area (Å²) in [6, 6.07) is 2.91. The molecule has 2 rings (SSSR count). The van der Waals surface area contributed by atoms with Gasteiger partial charge in [-0.1, -0.05) is 12.8 Å². The number of ether oxygens (including phenoxy) is 1. The molecule has 0 saturated heterocycles. The fourth-order valence-corrected chi connectivity index (χ4v) is 2.02. The molecule has 1 fully saturated rings. The summed E-state index contributed by atoms with van der Waals surface area (Å²) in [5.74, 6) is 1.24. The number of hydrogen-bond donors (Lipinski definition) is 0. The lowest BCUT2D eigenvalue weighted by Crippen LogP contribution is -2.00. The maximum atomic E-state index is 10.9. The van der Waals surface area contributed by atoms with Crippen LogP contribution in [0.25, 0.3) is 0 Å². The first kappa shape index (κ1) is 11.7. The summed E-state index contributed by atoms with van der Waals surface area (Å²) in [5, 5.41) is 0. The summed E-state index contributed by atoms with van der Waals surface area (Å²) in [7, 11) is 1.47. The molecule has 1 aliphatic rings. The van der Waals surface area contributed by atoms with Gasteiger partial charge < -0.3 is 4.74 Å². The van der Waals surface area contributed by atoms with E-state index in [9.17, 15) is 8.42 Å². The van der Waals surface area contributed by atoms with Gasteiger partial charge in [-0.25, -0.2) is 13.4 Å². The molecule has 16 heavy (non-hydrogen) atoms. The van der Waals surface area contributed by atoms with Gasteiger partial charge in [0.05, 0.1) is 12.8 Å². The molecule has 1 aromatic heterocycles. The third kappa shape index (κ3) is 3.35. The van der Waals surface area contributed by atoms with Crippen molar-refractivity contribution in [1.29, 1.82) is 0 Å². The average molecular weight is 262 g/mol. The minimum Gasteiger partial charge on any atom is -0.478 e. The fourth-order valence-electron chi connectivity index (χ4n) is 1.33. The van der Waals surface area contributed by atoms with Gasteiger partial charge in [0.2, 0.25) is 5.88 Å². The van der Waals surface area contributed by atoms with Crippen molar-refractivity contribution >= 4 is 19.7 Å². The molecule has 1 aromatic rings. The third-order valence-corrected chi connectivity index (χ3v) is 3.80. The number of hydrogen-bond acceptors (Lipinski definition) is 4. The van der Waals surface area contributed by atoms with Crippen molar-refractivity contribution in [2.75, 3.05) is 6.61 Å². The zero-order chi connectivity index (χ0) is 11.6. The van der Waals surface area contributed by atoms with E-state index >= 15 is 0 Å². The lowest BCUT2D eigenvalue weighted by molar-refractivity contribution is 0.291. The molecular weight excluding hydrogens is 250 g/mol. The monoisotopic (exact) mass is 261 g/mol. The highest BCUT2D eigenvalue weighted by Crippen LogP contribution is 2.32. The second kappa shape index (κ2) is 4.59. The zero-order valence-electron chi connectivity index (χ0n) is 8.60. The Morgan fingerprint density at radius 3 is 2.69 bits per heavy atom. The van der Waals surface area contributed by atoms with Crippen LogP contribution in [0.3, 0.4) is 0 Å². The number of nitrogens with zero attached hydrogens (tertiary/aromatic N) is 1. The first-order chi connectivity index (χ1) is 7.55. The Bertz CT molecular complexity index is 453. The normalized spacial score (nSPS) is 16.1. The first-order valence-corrected chi connectivity index (χ1v) is 7.40. The predicted octanol–water partition coefficient (Wildman–Crippen LogP) is 2.19. The molecule has 1 heterocycles. The van der Waals surface area contributed by atoms with Crippen LogP contribution in [0.4, 0.5) is 0 Å². The quantitative estimate of drug-likeness (QED) is 0.763. The Balaban J connectivity index is 1.90. The SMILES string of the molecule is O=S(=O)(Cl)c1ccc(OCCC2CC2)nc1. The van der Waals surface area contributed by atoms with Gasteiger partial charge in [0, 0.05) is 16.7 Å². The predicted molar refractivity (Wildman–Crippen MR) is 60.1 cm³/mol. The summed E-state index contributed by atoms with van der Waals surface area (Å²) in [6.07, 6.45) is 4.83. The number of aromatic nitrogens is 1. The molecule has 0 radical (unpaired) electrons. The smallest absolute Gasteiger partial charge is 0.262 e. The Kier molecular flexibility index (Phi) is 3.35. The van der Waals surface area contributed by atoms with Crippen molar-refractivity contribution in [2.24, 2.45) is 5.92 Å². The van der Waals surface area contributed by atoms with Crippen LogP contribution in [0.5, 0.6) is 5.88 Å². The second-order valence-electron chi connectivity index (χ2n) is 3.85. The van der Waals surface area contributed by atoms with Crippen molar-refractivity contribution in [3.63, 3.8) is 0 Å². The molecular formula is C10H12ClNO3S. The largest absolute Gasteiger partial charge is 0.478 e. The molecule has 6 heteroatoms. The topological polar surface area (TPSA) is 56.3 Å².